The van der Waals surface area contributed by atoms with Crippen molar-refractivity contribution in [1.29, 1.82) is 0 Å². The van der Waals surface area contributed by atoms with Crippen molar-refractivity contribution in [2.75, 3.05) is 34.5 Å². The van der Waals surface area contributed by atoms with Gasteiger partial charge in [-0.2, -0.15) is 0 Å². The molecule has 164 valence electrons. The molecule has 0 saturated carbocycles. The fourth-order valence-electron chi connectivity index (χ4n) is 2.85. The third kappa shape index (κ3) is 5.12. The summed E-state index contributed by atoms with van der Waals surface area (Å²) in [6, 6.07) is 7.12. The third-order valence-electron chi connectivity index (χ3n) is 4.47. The molecule has 2 aromatic rings. The minimum atomic E-state index is -1.28. The number of hydrogen-bond donors (Lipinski definition) is 4. The van der Waals surface area contributed by atoms with Gasteiger partial charge in [-0.1, -0.05) is 6.07 Å². The van der Waals surface area contributed by atoms with Gasteiger partial charge in [0.1, 0.15) is 6.10 Å². The molecule has 9 heteroatoms. The van der Waals surface area contributed by atoms with E-state index in [1.54, 1.807) is 0 Å². The summed E-state index contributed by atoms with van der Waals surface area (Å²) in [5, 5.41) is 39.2. The number of methoxy groups -OCH3 is 3. The van der Waals surface area contributed by atoms with Gasteiger partial charge in [-0.15, -0.1) is 0 Å². The highest BCUT2D eigenvalue weighted by atomic mass is 16.6. The first kappa shape index (κ1) is 23.3. The van der Waals surface area contributed by atoms with Crippen LogP contribution in [0.5, 0.6) is 28.7 Å². The van der Waals surface area contributed by atoms with Gasteiger partial charge < -0.3 is 39.4 Å². The molecule has 0 aliphatic heterocycles. The van der Waals surface area contributed by atoms with Gasteiger partial charge in [-0.05, 0) is 29.8 Å². The molecule has 0 radical (unpaired) electrons. The van der Waals surface area contributed by atoms with E-state index in [1.165, 1.54) is 51.7 Å². The number of carbonyl (C=O) groups excluding carboxylic acids is 1. The van der Waals surface area contributed by atoms with Crippen molar-refractivity contribution in [2.24, 2.45) is 0 Å². The third-order valence-corrected chi connectivity index (χ3v) is 4.47. The summed E-state index contributed by atoms with van der Waals surface area (Å²) in [7, 11) is 4.12. The minimum absolute atomic E-state index is 0.0623. The summed E-state index contributed by atoms with van der Waals surface area (Å²) in [5.74, 6) is 0.153. The zero-order valence-corrected chi connectivity index (χ0v) is 17.0. The number of ether oxygens (including phenoxy) is 4. The van der Waals surface area contributed by atoms with Gasteiger partial charge in [0, 0.05) is 12.0 Å². The number of rotatable bonds is 11. The molecule has 4 N–H and O–H groups in total. The summed E-state index contributed by atoms with van der Waals surface area (Å²) >= 11 is 0. The van der Waals surface area contributed by atoms with E-state index in [0.717, 1.165) is 0 Å². The lowest BCUT2D eigenvalue weighted by Crippen LogP contribution is -2.29. The Labute approximate surface area is 174 Å². The van der Waals surface area contributed by atoms with Crippen LogP contribution >= 0.6 is 0 Å². The second kappa shape index (κ2) is 10.7. The number of ketones is 1. The van der Waals surface area contributed by atoms with Gasteiger partial charge in [0.05, 0.1) is 34.5 Å². The van der Waals surface area contributed by atoms with Crippen molar-refractivity contribution in [3.63, 3.8) is 0 Å². The van der Waals surface area contributed by atoms with Crippen LogP contribution in [0.1, 0.15) is 28.4 Å². The lowest BCUT2D eigenvalue weighted by molar-refractivity contribution is -0.00176. The number of phenols is 1. The summed E-state index contributed by atoms with van der Waals surface area (Å²) in [6.45, 7) is -0.849. The fourth-order valence-corrected chi connectivity index (χ4v) is 2.85. The monoisotopic (exact) mass is 422 g/mol. The summed E-state index contributed by atoms with van der Waals surface area (Å²) in [4.78, 5) is 12.1. The number of benzene rings is 2. The predicted octanol–water partition coefficient (Wildman–Crippen LogP) is 1.46. The van der Waals surface area contributed by atoms with Crippen molar-refractivity contribution in [3.8, 4) is 28.7 Å². The van der Waals surface area contributed by atoms with Crippen LogP contribution in [0.2, 0.25) is 0 Å². The van der Waals surface area contributed by atoms with Crippen molar-refractivity contribution >= 4 is 5.78 Å². The quantitative estimate of drug-likeness (QED) is 0.397. The second-order valence-electron chi connectivity index (χ2n) is 6.32. The molecule has 0 bridgehead atoms. The normalized spacial score (nSPS) is 12.7. The Balaban J connectivity index is 2.39. The Morgan fingerprint density at radius 1 is 0.967 bits per heavy atom. The Hall–Kier alpha value is -3.01. The van der Waals surface area contributed by atoms with Gasteiger partial charge in [0.2, 0.25) is 5.75 Å². The number of carbonyl (C=O) groups is 1. The van der Waals surface area contributed by atoms with Crippen molar-refractivity contribution in [1.82, 2.24) is 0 Å². The molecule has 0 heterocycles. The molecule has 30 heavy (non-hydrogen) atoms. The number of hydrogen-bond acceptors (Lipinski definition) is 9. The van der Waals surface area contributed by atoms with Crippen LogP contribution in [0.15, 0.2) is 30.3 Å². The maximum Gasteiger partial charge on any atom is 0.204 e. The van der Waals surface area contributed by atoms with E-state index in [4.69, 9.17) is 24.1 Å². The smallest absolute Gasteiger partial charge is 0.204 e. The summed E-state index contributed by atoms with van der Waals surface area (Å²) in [5.41, 5.74) is 0.603. The number of aromatic hydroxyl groups is 1. The van der Waals surface area contributed by atoms with Crippen LogP contribution in [-0.4, -0.2) is 66.9 Å². The standard InChI is InChI=1S/C21H26O9/c1-27-16-8-12(4-5-15(16)25)20(26)19(11-23)30-21-17(28-2)9-13(10-18(21)29-3)14(24)6-7-22/h4-5,8-10,19-20,22-23,25-26H,6-7,11H2,1-3H3/t19-,20-/m0/s1. The van der Waals surface area contributed by atoms with Crippen LogP contribution in [-0.2, 0) is 0 Å². The first-order valence-corrected chi connectivity index (χ1v) is 9.12. The van der Waals surface area contributed by atoms with E-state index < -0.39 is 18.8 Å². The molecule has 2 aromatic carbocycles. The van der Waals surface area contributed by atoms with E-state index in [0.29, 0.717) is 5.56 Å². The summed E-state index contributed by atoms with van der Waals surface area (Å²) < 4.78 is 21.5. The zero-order valence-electron chi connectivity index (χ0n) is 17.0. The van der Waals surface area contributed by atoms with Gasteiger partial charge in [-0.25, -0.2) is 0 Å². The number of Topliss-reactive ketones (excluding diaryl/α,β-unsaturated/α-hetero) is 1. The Kier molecular flexibility index (Phi) is 8.28. The molecule has 0 aromatic heterocycles. The molecule has 0 amide bonds. The molecule has 9 nitrogen and oxygen atoms in total. The molecule has 0 fully saturated rings. The maximum absolute atomic E-state index is 12.1. The van der Waals surface area contributed by atoms with Crippen LogP contribution in [0.4, 0.5) is 0 Å². The SMILES string of the molecule is COc1cc([C@H](O)[C@H](CO)Oc2c(OC)cc(C(=O)CCO)cc2OC)ccc1O. The molecule has 2 atom stereocenters. The van der Waals surface area contributed by atoms with E-state index in [1.807, 2.05) is 0 Å². The highest BCUT2D eigenvalue weighted by molar-refractivity contribution is 5.97. The Bertz CT molecular complexity index is 841. The largest absolute Gasteiger partial charge is 0.504 e. The molecule has 0 unspecified atom stereocenters. The molecule has 2 rings (SSSR count). The van der Waals surface area contributed by atoms with Gasteiger partial charge in [-0.3, -0.25) is 4.79 Å². The second-order valence-corrected chi connectivity index (χ2v) is 6.32. The Morgan fingerprint density at radius 3 is 2.07 bits per heavy atom. The molecule has 0 saturated heterocycles. The average molecular weight is 422 g/mol. The number of aliphatic hydroxyl groups excluding tert-OH is 3. The van der Waals surface area contributed by atoms with Crippen molar-refractivity contribution in [2.45, 2.75) is 18.6 Å². The van der Waals surface area contributed by atoms with E-state index >= 15 is 0 Å². The minimum Gasteiger partial charge on any atom is -0.504 e. The lowest BCUT2D eigenvalue weighted by Gasteiger charge is -2.25. The molecule has 0 aliphatic carbocycles. The molecular weight excluding hydrogens is 396 g/mol. The first-order valence-electron chi connectivity index (χ1n) is 9.12. The van der Waals surface area contributed by atoms with E-state index in [9.17, 15) is 20.1 Å². The molecule has 0 spiro atoms. The van der Waals surface area contributed by atoms with Gasteiger partial charge >= 0.3 is 0 Å². The first-order chi connectivity index (χ1) is 14.4. The number of phenolic OH excluding ortho intramolecular Hbond substituents is 1. The highest BCUT2D eigenvalue weighted by Gasteiger charge is 2.27. The predicted molar refractivity (Wildman–Crippen MR) is 107 cm³/mol. The van der Waals surface area contributed by atoms with Crippen molar-refractivity contribution < 1.29 is 44.2 Å². The molecule has 0 aliphatic rings. The van der Waals surface area contributed by atoms with Crippen LogP contribution < -0.4 is 18.9 Å². The molecular formula is C21H26O9. The summed E-state index contributed by atoms with van der Waals surface area (Å²) in [6.07, 6.45) is -2.47. The van der Waals surface area contributed by atoms with Crippen LogP contribution in [0, 0.1) is 0 Å². The van der Waals surface area contributed by atoms with Crippen LogP contribution in [0.3, 0.4) is 0 Å². The maximum atomic E-state index is 12.1. The Morgan fingerprint density at radius 2 is 1.57 bits per heavy atom. The van der Waals surface area contributed by atoms with Gasteiger partial charge in [0.25, 0.3) is 0 Å². The van der Waals surface area contributed by atoms with Gasteiger partial charge in [0.15, 0.2) is 34.9 Å². The number of aliphatic hydroxyl groups is 3. The topological polar surface area (TPSA) is 135 Å². The van der Waals surface area contributed by atoms with Crippen molar-refractivity contribution in [3.05, 3.63) is 41.5 Å². The zero-order chi connectivity index (χ0) is 22.3. The average Bonchev–Trinajstić information content (AvgIpc) is 2.76. The highest BCUT2D eigenvalue weighted by Crippen LogP contribution is 2.41. The fraction of sp³-hybridized carbons (Fsp3) is 0.381. The van der Waals surface area contributed by atoms with Crippen LogP contribution in [0.25, 0.3) is 0 Å². The lowest BCUT2D eigenvalue weighted by atomic mass is 10.0. The van der Waals surface area contributed by atoms with E-state index in [-0.39, 0.29) is 53.1 Å². The van der Waals surface area contributed by atoms with E-state index in [2.05, 4.69) is 0 Å².